The third-order valence-electron chi connectivity index (χ3n) is 4.94. The van der Waals surface area contributed by atoms with Crippen molar-refractivity contribution in [1.29, 1.82) is 0 Å². The van der Waals surface area contributed by atoms with Gasteiger partial charge < -0.3 is 18.9 Å². The molecule has 0 aliphatic carbocycles. The maximum absolute atomic E-state index is 13.2. The Morgan fingerprint density at radius 2 is 2.00 bits per heavy atom. The zero-order valence-corrected chi connectivity index (χ0v) is 16.6. The zero-order chi connectivity index (χ0) is 19.6. The van der Waals surface area contributed by atoms with Gasteiger partial charge in [0.05, 0.1) is 25.7 Å². The Morgan fingerprint density at radius 1 is 1.30 bits per heavy atom. The van der Waals surface area contributed by atoms with Crippen molar-refractivity contribution in [2.24, 2.45) is 0 Å². The van der Waals surface area contributed by atoms with E-state index in [1.807, 2.05) is 56.9 Å². The topological polar surface area (TPSA) is 77.7 Å². The lowest BCUT2D eigenvalue weighted by Crippen LogP contribution is -2.49. The summed E-state index contributed by atoms with van der Waals surface area (Å²) in [5.74, 6) is 2.05. The first-order chi connectivity index (χ1) is 12.8. The van der Waals surface area contributed by atoms with Crippen molar-refractivity contribution < 1.29 is 18.8 Å². The first-order valence-corrected chi connectivity index (χ1v) is 9.22. The van der Waals surface area contributed by atoms with Crippen LogP contribution in [0.3, 0.4) is 0 Å². The molecular weight excluding hydrogens is 346 g/mol. The second-order valence-corrected chi connectivity index (χ2v) is 7.61. The summed E-state index contributed by atoms with van der Waals surface area (Å²) in [6, 6.07) is 7.62. The van der Waals surface area contributed by atoms with Crippen LogP contribution in [0.15, 0.2) is 28.8 Å². The van der Waals surface area contributed by atoms with Crippen molar-refractivity contribution in [2.75, 3.05) is 26.8 Å². The van der Waals surface area contributed by atoms with Gasteiger partial charge in [-0.05, 0) is 31.5 Å². The van der Waals surface area contributed by atoms with Gasteiger partial charge in [-0.2, -0.15) is 4.98 Å². The SMILES string of the molecule is COc1ccc(C(C)(C)C(=O)N2CCOC(c3noc(C(C)C)n3)C2)cc1. The quantitative estimate of drug-likeness (QED) is 0.801. The highest BCUT2D eigenvalue weighted by molar-refractivity contribution is 5.87. The van der Waals surface area contributed by atoms with E-state index >= 15 is 0 Å². The number of hydrogen-bond donors (Lipinski definition) is 0. The number of carbonyl (C=O) groups is 1. The molecule has 1 fully saturated rings. The number of methoxy groups -OCH3 is 1. The molecule has 0 radical (unpaired) electrons. The first kappa shape index (κ1) is 19.4. The molecule has 1 atom stereocenters. The highest BCUT2D eigenvalue weighted by atomic mass is 16.5. The normalized spacial score (nSPS) is 18.0. The first-order valence-electron chi connectivity index (χ1n) is 9.22. The third-order valence-corrected chi connectivity index (χ3v) is 4.94. The number of amides is 1. The molecule has 3 rings (SSSR count). The van der Waals surface area contributed by atoms with Crippen molar-refractivity contribution in [3.63, 3.8) is 0 Å². The third kappa shape index (κ3) is 3.98. The lowest BCUT2D eigenvalue weighted by Gasteiger charge is -2.37. The maximum Gasteiger partial charge on any atom is 0.232 e. The molecule has 2 aromatic rings. The van der Waals surface area contributed by atoms with E-state index in [1.165, 1.54) is 0 Å². The smallest absolute Gasteiger partial charge is 0.232 e. The summed E-state index contributed by atoms with van der Waals surface area (Å²) in [7, 11) is 1.63. The van der Waals surface area contributed by atoms with Crippen LogP contribution in [0.4, 0.5) is 0 Å². The van der Waals surface area contributed by atoms with Crippen LogP contribution in [0.5, 0.6) is 5.75 Å². The van der Waals surface area contributed by atoms with Crippen molar-refractivity contribution in [3.05, 3.63) is 41.5 Å². The van der Waals surface area contributed by atoms with Gasteiger partial charge in [-0.3, -0.25) is 4.79 Å². The lowest BCUT2D eigenvalue weighted by molar-refractivity contribution is -0.144. The van der Waals surface area contributed by atoms with E-state index in [0.29, 0.717) is 31.4 Å². The van der Waals surface area contributed by atoms with Gasteiger partial charge in [-0.25, -0.2) is 0 Å². The number of nitrogens with zero attached hydrogens (tertiary/aromatic N) is 3. The minimum atomic E-state index is -0.658. The average molecular weight is 373 g/mol. The summed E-state index contributed by atoms with van der Waals surface area (Å²) < 4.78 is 16.3. The summed E-state index contributed by atoms with van der Waals surface area (Å²) >= 11 is 0. The Morgan fingerprint density at radius 3 is 2.59 bits per heavy atom. The second-order valence-electron chi connectivity index (χ2n) is 7.61. The van der Waals surface area contributed by atoms with Crippen molar-refractivity contribution in [3.8, 4) is 5.75 Å². The van der Waals surface area contributed by atoms with E-state index < -0.39 is 5.41 Å². The van der Waals surface area contributed by atoms with Gasteiger partial charge in [0, 0.05) is 12.5 Å². The highest BCUT2D eigenvalue weighted by Crippen LogP contribution is 2.30. The molecule has 7 nitrogen and oxygen atoms in total. The fourth-order valence-corrected chi connectivity index (χ4v) is 3.13. The van der Waals surface area contributed by atoms with Gasteiger partial charge in [-0.1, -0.05) is 31.1 Å². The summed E-state index contributed by atoms with van der Waals surface area (Å²) in [4.78, 5) is 19.5. The Bertz CT molecular complexity index is 783. The molecule has 1 saturated heterocycles. The number of benzene rings is 1. The van der Waals surface area contributed by atoms with E-state index in [2.05, 4.69) is 10.1 Å². The Balaban J connectivity index is 1.74. The second kappa shape index (κ2) is 7.68. The fraction of sp³-hybridized carbons (Fsp3) is 0.550. The van der Waals surface area contributed by atoms with Crippen LogP contribution >= 0.6 is 0 Å². The van der Waals surface area contributed by atoms with Gasteiger partial charge in [0.2, 0.25) is 17.6 Å². The summed E-state index contributed by atoms with van der Waals surface area (Å²) in [5, 5.41) is 4.03. The predicted molar refractivity (Wildman–Crippen MR) is 99.7 cm³/mol. The van der Waals surface area contributed by atoms with Gasteiger partial charge in [0.15, 0.2) is 0 Å². The van der Waals surface area contributed by atoms with Crippen LogP contribution in [0.1, 0.15) is 57.0 Å². The zero-order valence-electron chi connectivity index (χ0n) is 16.6. The Kier molecular flexibility index (Phi) is 5.51. The van der Waals surface area contributed by atoms with Crippen molar-refractivity contribution >= 4 is 5.91 Å². The Hall–Kier alpha value is -2.41. The van der Waals surface area contributed by atoms with E-state index in [4.69, 9.17) is 14.0 Å². The molecule has 1 aliphatic rings. The number of aromatic nitrogens is 2. The Labute approximate surface area is 159 Å². The minimum Gasteiger partial charge on any atom is -0.497 e. The molecule has 1 amide bonds. The van der Waals surface area contributed by atoms with Crippen LogP contribution in [0, 0.1) is 0 Å². The molecule has 1 aliphatic heterocycles. The number of carbonyl (C=O) groups excluding carboxylic acids is 1. The summed E-state index contributed by atoms with van der Waals surface area (Å²) in [6.07, 6.45) is -0.370. The van der Waals surface area contributed by atoms with Crippen LogP contribution in [0.25, 0.3) is 0 Å². The van der Waals surface area contributed by atoms with Gasteiger partial charge in [-0.15, -0.1) is 0 Å². The van der Waals surface area contributed by atoms with Crippen LogP contribution in [-0.2, 0) is 14.9 Å². The monoisotopic (exact) mass is 373 g/mol. The molecule has 7 heteroatoms. The van der Waals surface area contributed by atoms with E-state index in [1.54, 1.807) is 7.11 Å². The molecule has 0 saturated carbocycles. The average Bonchev–Trinajstić information content (AvgIpc) is 3.18. The summed E-state index contributed by atoms with van der Waals surface area (Å²) in [5.41, 5.74) is 0.284. The largest absolute Gasteiger partial charge is 0.497 e. The molecule has 0 N–H and O–H groups in total. The highest BCUT2D eigenvalue weighted by Gasteiger charge is 2.37. The number of morpholine rings is 1. The van der Waals surface area contributed by atoms with Gasteiger partial charge in [0.25, 0.3) is 0 Å². The molecule has 0 spiro atoms. The molecule has 1 unspecified atom stereocenters. The number of ether oxygens (including phenoxy) is 2. The summed E-state index contributed by atoms with van der Waals surface area (Å²) in [6.45, 7) is 9.26. The molecule has 0 bridgehead atoms. The van der Waals surface area contributed by atoms with Crippen molar-refractivity contribution in [1.82, 2.24) is 15.0 Å². The van der Waals surface area contributed by atoms with Crippen LogP contribution < -0.4 is 4.74 Å². The molecule has 27 heavy (non-hydrogen) atoms. The number of rotatable bonds is 5. The van der Waals surface area contributed by atoms with Crippen molar-refractivity contribution in [2.45, 2.75) is 45.1 Å². The molecular formula is C20H27N3O4. The number of hydrogen-bond acceptors (Lipinski definition) is 6. The maximum atomic E-state index is 13.2. The van der Waals surface area contributed by atoms with Crippen LogP contribution in [0.2, 0.25) is 0 Å². The van der Waals surface area contributed by atoms with Gasteiger partial charge >= 0.3 is 0 Å². The molecule has 146 valence electrons. The van der Waals surface area contributed by atoms with E-state index in [9.17, 15) is 4.79 Å². The van der Waals surface area contributed by atoms with Gasteiger partial charge in [0.1, 0.15) is 11.9 Å². The molecule has 1 aromatic heterocycles. The van der Waals surface area contributed by atoms with E-state index in [-0.39, 0.29) is 17.9 Å². The lowest BCUT2D eigenvalue weighted by atomic mass is 9.83. The standard InChI is InChI=1S/C20H27N3O4/c1-13(2)18-21-17(22-27-18)16-12-23(10-11-26-16)19(24)20(3,4)14-6-8-15(25-5)9-7-14/h6-9,13,16H,10-12H2,1-5H3. The molecule has 2 heterocycles. The van der Waals surface area contributed by atoms with Crippen LogP contribution in [-0.4, -0.2) is 47.8 Å². The van der Waals surface area contributed by atoms with E-state index in [0.717, 1.165) is 11.3 Å². The fourth-order valence-electron chi connectivity index (χ4n) is 3.13. The minimum absolute atomic E-state index is 0.0496. The molecule has 1 aromatic carbocycles. The predicted octanol–water partition coefficient (Wildman–Crippen LogP) is 3.08.